The molecule has 1 aromatic carbocycles. The number of Topliss-reactive ketones (excluding diaryl/α,β-unsaturated/α-hetero) is 1. The molecule has 13 heteroatoms. The summed E-state index contributed by atoms with van der Waals surface area (Å²) in [5.74, 6) is -3.30. The largest absolute Gasteiger partial charge is 0.417 e. The van der Waals surface area contributed by atoms with Gasteiger partial charge in [0.1, 0.15) is 15.7 Å². The van der Waals surface area contributed by atoms with Crippen molar-refractivity contribution in [1.82, 2.24) is 14.1 Å². The first kappa shape index (κ1) is 26.8. The summed E-state index contributed by atoms with van der Waals surface area (Å²) in [6.07, 6.45) is 1.05. The summed E-state index contributed by atoms with van der Waals surface area (Å²) in [6, 6.07) is 2.45. The summed E-state index contributed by atoms with van der Waals surface area (Å²) in [7, 11) is -3.16. The van der Waals surface area contributed by atoms with Crippen LogP contribution in [0.4, 0.5) is 17.6 Å². The lowest BCUT2D eigenvalue weighted by Crippen LogP contribution is -2.33. The van der Waals surface area contributed by atoms with Crippen LogP contribution in [-0.4, -0.2) is 46.4 Å². The van der Waals surface area contributed by atoms with E-state index in [2.05, 4.69) is 9.72 Å². The third-order valence-corrected chi connectivity index (χ3v) is 8.31. The van der Waals surface area contributed by atoms with Gasteiger partial charge < -0.3 is 4.74 Å². The number of pyridine rings is 1. The van der Waals surface area contributed by atoms with Gasteiger partial charge in [-0.05, 0) is 38.2 Å². The molecule has 8 nitrogen and oxygen atoms in total. The van der Waals surface area contributed by atoms with Crippen molar-refractivity contribution in [3.05, 3.63) is 52.1 Å². The average Bonchev–Trinajstić information content (AvgIpc) is 3.07. The fourth-order valence-electron chi connectivity index (χ4n) is 4.61. The number of alkyl halides is 2. The van der Waals surface area contributed by atoms with Crippen LogP contribution in [0.2, 0.25) is 0 Å². The molecular formula is C24H25F4N3O5S. The van der Waals surface area contributed by atoms with E-state index in [0.717, 1.165) is 16.7 Å². The minimum Gasteiger partial charge on any atom is -0.417 e. The topological polar surface area (TPSA) is 100 Å². The molecule has 3 aromatic rings. The van der Waals surface area contributed by atoms with E-state index in [1.165, 1.54) is 10.6 Å². The highest BCUT2D eigenvalue weighted by atomic mass is 32.2. The third kappa shape index (κ3) is 5.27. The van der Waals surface area contributed by atoms with E-state index in [4.69, 9.17) is 0 Å². The van der Waals surface area contributed by atoms with E-state index in [0.29, 0.717) is 6.20 Å². The highest BCUT2D eigenvalue weighted by Gasteiger charge is 2.36. The lowest BCUT2D eigenvalue weighted by atomic mass is 9.78. The maximum absolute atomic E-state index is 15.3. The van der Waals surface area contributed by atoms with E-state index in [1.54, 1.807) is 20.8 Å². The number of carbonyl (C=O) groups is 1. The molecule has 1 aliphatic heterocycles. The van der Waals surface area contributed by atoms with Gasteiger partial charge in [-0.3, -0.25) is 13.9 Å². The Labute approximate surface area is 209 Å². The third-order valence-electron chi connectivity index (χ3n) is 6.66. The number of hydrogen-bond acceptors (Lipinski definition) is 6. The Morgan fingerprint density at radius 3 is 2.35 bits per heavy atom. The monoisotopic (exact) mass is 543 g/mol. The summed E-state index contributed by atoms with van der Waals surface area (Å²) in [6.45, 7) is 1.86. The second kappa shape index (κ2) is 9.58. The Bertz CT molecular complexity index is 1530. The number of nitrogens with zero attached hydrogens (tertiary/aromatic N) is 3. The predicted octanol–water partition coefficient (Wildman–Crippen LogP) is 4.44. The van der Waals surface area contributed by atoms with Crippen LogP contribution in [0.5, 0.6) is 5.88 Å². The number of benzene rings is 1. The van der Waals surface area contributed by atoms with E-state index in [-0.39, 0.29) is 47.4 Å². The molecule has 0 saturated carbocycles. The van der Waals surface area contributed by atoms with Gasteiger partial charge in [0.15, 0.2) is 11.6 Å². The van der Waals surface area contributed by atoms with E-state index in [1.807, 2.05) is 0 Å². The Morgan fingerprint density at radius 1 is 1.11 bits per heavy atom. The number of fused-ring (bicyclic) bond motifs is 1. The van der Waals surface area contributed by atoms with Crippen LogP contribution >= 0.6 is 0 Å². The van der Waals surface area contributed by atoms with Crippen LogP contribution in [0, 0.1) is 17.0 Å². The minimum absolute atomic E-state index is 0.0528. The fourth-order valence-corrected chi connectivity index (χ4v) is 6.42. The summed E-state index contributed by atoms with van der Waals surface area (Å²) in [4.78, 5) is 29.9. The van der Waals surface area contributed by atoms with Crippen LogP contribution in [0.1, 0.15) is 56.4 Å². The van der Waals surface area contributed by atoms with Gasteiger partial charge in [0.05, 0.1) is 40.0 Å². The molecule has 1 saturated heterocycles. The summed E-state index contributed by atoms with van der Waals surface area (Å²) < 4.78 is 85.2. The smallest absolute Gasteiger partial charge is 0.388 e. The van der Waals surface area contributed by atoms with Gasteiger partial charge in [0, 0.05) is 24.6 Å². The van der Waals surface area contributed by atoms with Crippen molar-refractivity contribution in [3.8, 4) is 11.6 Å². The van der Waals surface area contributed by atoms with Crippen LogP contribution in [-0.2, 0) is 9.84 Å². The zero-order valence-electron chi connectivity index (χ0n) is 20.3. The molecular weight excluding hydrogens is 518 g/mol. The van der Waals surface area contributed by atoms with E-state index in [9.17, 15) is 31.2 Å². The molecule has 1 aliphatic rings. The fraction of sp³-hybridized carbons (Fsp3) is 0.458. The molecule has 3 heterocycles. The van der Waals surface area contributed by atoms with Crippen molar-refractivity contribution in [2.45, 2.75) is 52.7 Å². The van der Waals surface area contributed by atoms with Gasteiger partial charge in [-0.15, -0.1) is 0 Å². The van der Waals surface area contributed by atoms with Crippen molar-refractivity contribution in [2.75, 3.05) is 11.5 Å². The molecule has 0 radical (unpaired) electrons. The first-order valence-electron chi connectivity index (χ1n) is 11.5. The number of aromatic nitrogens is 3. The Balaban J connectivity index is 1.83. The highest BCUT2D eigenvalue weighted by molar-refractivity contribution is 7.91. The number of ketones is 1. The van der Waals surface area contributed by atoms with Crippen LogP contribution in [0.15, 0.2) is 29.2 Å². The van der Waals surface area contributed by atoms with Gasteiger partial charge in [0.25, 0.3) is 0 Å². The lowest BCUT2D eigenvalue weighted by molar-refractivity contribution is -0.0529. The van der Waals surface area contributed by atoms with Gasteiger partial charge in [0.2, 0.25) is 5.88 Å². The van der Waals surface area contributed by atoms with Crippen molar-refractivity contribution in [2.24, 2.45) is 5.41 Å². The second-order valence-corrected chi connectivity index (χ2v) is 12.1. The number of ether oxygens (including phenoxy) is 1. The van der Waals surface area contributed by atoms with Crippen molar-refractivity contribution in [1.29, 1.82) is 0 Å². The van der Waals surface area contributed by atoms with E-state index < -0.39 is 62.6 Å². The first-order valence-corrected chi connectivity index (χ1v) is 13.3. The van der Waals surface area contributed by atoms with Crippen LogP contribution < -0.4 is 10.4 Å². The molecule has 0 aliphatic carbocycles. The highest BCUT2D eigenvalue weighted by Crippen LogP contribution is 2.37. The molecule has 200 valence electrons. The second-order valence-electron chi connectivity index (χ2n) is 9.82. The van der Waals surface area contributed by atoms with Crippen molar-refractivity contribution < 1.29 is 35.5 Å². The number of rotatable bonds is 7. The average molecular weight is 544 g/mol. The molecule has 1 fully saturated rings. The molecule has 0 bridgehead atoms. The lowest BCUT2D eigenvalue weighted by Gasteiger charge is -2.32. The molecule has 0 unspecified atom stereocenters. The van der Waals surface area contributed by atoms with E-state index >= 15 is 4.39 Å². The number of hydrogen-bond donors (Lipinski definition) is 0. The predicted molar refractivity (Wildman–Crippen MR) is 127 cm³/mol. The molecule has 2 aromatic heterocycles. The van der Waals surface area contributed by atoms with Gasteiger partial charge in [-0.2, -0.15) is 8.78 Å². The minimum atomic E-state index is -3.24. The van der Waals surface area contributed by atoms with Crippen molar-refractivity contribution >= 4 is 26.7 Å². The molecule has 0 spiro atoms. The maximum atomic E-state index is 15.3. The Kier molecular flexibility index (Phi) is 6.95. The first-order chi connectivity index (χ1) is 17.2. The van der Waals surface area contributed by atoms with Crippen LogP contribution in [0.25, 0.3) is 16.7 Å². The quantitative estimate of drug-likeness (QED) is 0.323. The number of halogens is 4. The molecule has 0 N–H and O–H groups in total. The van der Waals surface area contributed by atoms with Crippen LogP contribution in [0.3, 0.4) is 0 Å². The van der Waals surface area contributed by atoms with Gasteiger partial charge >= 0.3 is 12.3 Å². The summed E-state index contributed by atoms with van der Waals surface area (Å²) >= 11 is 0. The maximum Gasteiger partial charge on any atom is 0.388 e. The molecule has 4 rings (SSSR count). The number of carbonyl (C=O) groups excluding carboxylic acids is 1. The molecule has 37 heavy (non-hydrogen) atoms. The Hall–Kier alpha value is -3.22. The number of imidazole rings is 1. The normalized spacial score (nSPS) is 17.0. The Morgan fingerprint density at radius 2 is 1.76 bits per heavy atom. The zero-order valence-corrected chi connectivity index (χ0v) is 21.1. The van der Waals surface area contributed by atoms with Gasteiger partial charge in [-0.1, -0.05) is 6.92 Å². The van der Waals surface area contributed by atoms with Crippen molar-refractivity contribution in [3.63, 3.8) is 0 Å². The number of sulfone groups is 1. The standard InChI is InChI=1S/C24H25F4N3O5S/c1-13(2)30-18-8-14(20(32)11-24(3)4-6-37(34,35)7-5-24)15(25)9-19(18)31(23(30)33)17-10-21(36-22(27)28)29-12-16(17)26/h8-10,12-13,22H,4-7,11H2,1-3H3. The summed E-state index contributed by atoms with van der Waals surface area (Å²) in [5.41, 5.74) is -2.13. The SMILES string of the molecule is CC(C)n1c(=O)n(-c2cc(OC(F)F)ncc2F)c2cc(F)c(C(=O)CC3(C)CCS(=O)(=O)CC3)cc21. The molecule has 0 amide bonds. The van der Waals surface area contributed by atoms with Gasteiger partial charge in [-0.25, -0.2) is 27.0 Å². The summed E-state index contributed by atoms with van der Waals surface area (Å²) in [5, 5.41) is 0. The zero-order chi connectivity index (χ0) is 27.3. The molecule has 0 atom stereocenters.